The van der Waals surface area contributed by atoms with Crippen LogP contribution < -0.4 is 5.32 Å². The fourth-order valence-electron chi connectivity index (χ4n) is 2.49. The Morgan fingerprint density at radius 2 is 2.05 bits per heavy atom. The minimum Gasteiger partial charge on any atom is -0.350 e. The third kappa shape index (κ3) is 4.04. The molecule has 1 aliphatic rings. The van der Waals surface area contributed by atoms with Gasteiger partial charge in [-0.25, -0.2) is 12.7 Å². The highest BCUT2D eigenvalue weighted by Gasteiger charge is 2.28. The molecule has 1 amide bonds. The minimum absolute atomic E-state index is 0.0218. The summed E-state index contributed by atoms with van der Waals surface area (Å²) in [5, 5.41) is 7.17. The molecule has 2 rings (SSSR count). The zero-order valence-corrected chi connectivity index (χ0v) is 13.5. The number of sulfonamides is 1. The van der Waals surface area contributed by atoms with Crippen molar-refractivity contribution in [3.8, 4) is 0 Å². The lowest BCUT2D eigenvalue weighted by Gasteiger charge is -2.29. The van der Waals surface area contributed by atoms with Gasteiger partial charge in [-0.05, 0) is 25.8 Å². The van der Waals surface area contributed by atoms with Gasteiger partial charge in [0.25, 0.3) is 0 Å². The molecule has 1 N–H and O–H groups in total. The van der Waals surface area contributed by atoms with Crippen LogP contribution in [0, 0.1) is 12.8 Å². The summed E-state index contributed by atoms with van der Waals surface area (Å²) in [4.78, 5) is 12.1. The van der Waals surface area contributed by atoms with Crippen molar-refractivity contribution in [1.82, 2.24) is 19.4 Å². The van der Waals surface area contributed by atoms with Crippen LogP contribution in [-0.2, 0) is 28.4 Å². The quantitative estimate of drug-likeness (QED) is 0.849. The molecule has 0 unspecified atom stereocenters. The van der Waals surface area contributed by atoms with E-state index in [0.29, 0.717) is 32.5 Å². The van der Waals surface area contributed by atoms with Crippen molar-refractivity contribution >= 4 is 15.9 Å². The van der Waals surface area contributed by atoms with E-state index in [1.54, 1.807) is 4.68 Å². The summed E-state index contributed by atoms with van der Waals surface area (Å²) in [5.74, 6) is -0.140. The largest absolute Gasteiger partial charge is 0.350 e. The third-order valence-corrected chi connectivity index (χ3v) is 5.21. The lowest BCUT2D eigenvalue weighted by atomic mass is 9.97. The number of nitrogens with one attached hydrogen (secondary N) is 1. The smallest absolute Gasteiger partial charge is 0.223 e. The zero-order chi connectivity index (χ0) is 15.6. The van der Waals surface area contributed by atoms with Crippen molar-refractivity contribution in [3.05, 3.63) is 17.5 Å². The van der Waals surface area contributed by atoms with Gasteiger partial charge >= 0.3 is 0 Å². The standard InChI is InChI=1S/C13H22N4O3S/c1-10-8-12(15-16(10)2)9-14-13(18)11-4-6-17(7-5-11)21(3,19)20/h8,11H,4-7,9H2,1-3H3,(H,14,18). The van der Waals surface area contributed by atoms with Crippen LogP contribution in [0.2, 0.25) is 0 Å². The fraction of sp³-hybridized carbons (Fsp3) is 0.692. The SMILES string of the molecule is Cc1cc(CNC(=O)C2CCN(S(C)(=O)=O)CC2)nn1C. The molecule has 118 valence electrons. The number of rotatable bonds is 4. The van der Waals surface area contributed by atoms with E-state index >= 15 is 0 Å². The fourth-order valence-corrected chi connectivity index (χ4v) is 3.37. The number of carbonyl (C=O) groups is 1. The van der Waals surface area contributed by atoms with E-state index in [4.69, 9.17) is 0 Å². The Morgan fingerprint density at radius 3 is 2.52 bits per heavy atom. The third-order valence-electron chi connectivity index (χ3n) is 3.90. The molecule has 0 aromatic carbocycles. The Hall–Kier alpha value is -1.41. The number of aryl methyl sites for hydroxylation is 2. The second kappa shape index (κ2) is 6.15. The molecule has 1 fully saturated rings. The molecule has 0 atom stereocenters. The van der Waals surface area contributed by atoms with E-state index in [9.17, 15) is 13.2 Å². The lowest BCUT2D eigenvalue weighted by Crippen LogP contribution is -2.42. The Kier molecular flexibility index (Phi) is 4.67. The van der Waals surface area contributed by atoms with E-state index in [-0.39, 0.29) is 11.8 Å². The molecule has 21 heavy (non-hydrogen) atoms. The topological polar surface area (TPSA) is 84.3 Å². The Labute approximate surface area is 125 Å². The molecule has 2 heterocycles. The van der Waals surface area contributed by atoms with E-state index < -0.39 is 10.0 Å². The first kappa shape index (κ1) is 16.0. The predicted octanol–water partition coefficient (Wildman–Crippen LogP) is 0.0163. The maximum atomic E-state index is 12.1. The van der Waals surface area contributed by atoms with Crippen LogP contribution in [0.1, 0.15) is 24.2 Å². The monoisotopic (exact) mass is 314 g/mol. The predicted molar refractivity (Wildman–Crippen MR) is 78.9 cm³/mol. The molecule has 0 spiro atoms. The van der Waals surface area contributed by atoms with Crippen molar-refractivity contribution in [3.63, 3.8) is 0 Å². The van der Waals surface area contributed by atoms with Gasteiger partial charge in [0, 0.05) is 31.7 Å². The number of hydrogen-bond acceptors (Lipinski definition) is 4. The van der Waals surface area contributed by atoms with Crippen LogP contribution in [0.4, 0.5) is 0 Å². The number of piperidine rings is 1. The highest BCUT2D eigenvalue weighted by Crippen LogP contribution is 2.19. The average Bonchev–Trinajstić information content (AvgIpc) is 2.74. The Balaban J connectivity index is 1.82. The Morgan fingerprint density at radius 1 is 1.43 bits per heavy atom. The summed E-state index contributed by atoms with van der Waals surface area (Å²) in [5.41, 5.74) is 1.87. The minimum atomic E-state index is -3.14. The summed E-state index contributed by atoms with van der Waals surface area (Å²) in [6.07, 6.45) is 2.34. The first-order valence-electron chi connectivity index (χ1n) is 6.99. The van der Waals surface area contributed by atoms with E-state index in [0.717, 1.165) is 11.4 Å². The van der Waals surface area contributed by atoms with Gasteiger partial charge in [0.1, 0.15) is 0 Å². The van der Waals surface area contributed by atoms with E-state index in [2.05, 4.69) is 10.4 Å². The maximum Gasteiger partial charge on any atom is 0.223 e. The second-order valence-electron chi connectivity index (χ2n) is 5.55. The van der Waals surface area contributed by atoms with Gasteiger partial charge in [0.15, 0.2) is 0 Å². The maximum absolute atomic E-state index is 12.1. The average molecular weight is 314 g/mol. The van der Waals surface area contributed by atoms with E-state index in [1.807, 2.05) is 20.0 Å². The molecule has 8 heteroatoms. The van der Waals surface area contributed by atoms with Crippen LogP contribution in [0.25, 0.3) is 0 Å². The number of amides is 1. The first-order chi connectivity index (χ1) is 9.77. The zero-order valence-electron chi connectivity index (χ0n) is 12.7. The molecule has 0 radical (unpaired) electrons. The molecule has 1 saturated heterocycles. The van der Waals surface area contributed by atoms with Crippen LogP contribution in [0.5, 0.6) is 0 Å². The molecule has 7 nitrogen and oxygen atoms in total. The number of aromatic nitrogens is 2. The van der Waals surface area contributed by atoms with Crippen molar-refractivity contribution in [2.45, 2.75) is 26.3 Å². The van der Waals surface area contributed by atoms with Gasteiger partial charge in [-0.3, -0.25) is 9.48 Å². The highest BCUT2D eigenvalue weighted by atomic mass is 32.2. The van der Waals surface area contributed by atoms with Crippen molar-refractivity contribution in [1.29, 1.82) is 0 Å². The summed E-state index contributed by atoms with van der Waals surface area (Å²) < 4.78 is 26.0. The normalized spacial score (nSPS) is 17.9. The van der Waals surface area contributed by atoms with Crippen LogP contribution in [-0.4, -0.2) is 47.8 Å². The van der Waals surface area contributed by atoms with E-state index in [1.165, 1.54) is 10.6 Å². The molecule has 1 aromatic heterocycles. The highest BCUT2D eigenvalue weighted by molar-refractivity contribution is 7.88. The van der Waals surface area contributed by atoms with Crippen molar-refractivity contribution < 1.29 is 13.2 Å². The summed E-state index contributed by atoms with van der Waals surface area (Å²) in [6.45, 7) is 3.20. The van der Waals surface area contributed by atoms with Gasteiger partial charge in [0.2, 0.25) is 15.9 Å². The van der Waals surface area contributed by atoms with Gasteiger partial charge in [-0.2, -0.15) is 5.10 Å². The van der Waals surface area contributed by atoms with Gasteiger partial charge in [0.05, 0.1) is 18.5 Å². The summed E-state index contributed by atoms with van der Waals surface area (Å²) in [6, 6.07) is 1.94. The van der Waals surface area contributed by atoms with Crippen molar-refractivity contribution in [2.24, 2.45) is 13.0 Å². The molecule has 1 aliphatic heterocycles. The van der Waals surface area contributed by atoms with Gasteiger partial charge in [-0.1, -0.05) is 0 Å². The van der Waals surface area contributed by atoms with Crippen LogP contribution >= 0.6 is 0 Å². The second-order valence-corrected chi connectivity index (χ2v) is 7.54. The van der Waals surface area contributed by atoms with Gasteiger partial charge < -0.3 is 5.32 Å². The van der Waals surface area contributed by atoms with Crippen LogP contribution in [0.15, 0.2) is 6.07 Å². The van der Waals surface area contributed by atoms with Gasteiger partial charge in [-0.15, -0.1) is 0 Å². The Bertz CT molecular complexity index is 596. The molecule has 0 bridgehead atoms. The molecule has 1 aromatic rings. The summed E-state index contributed by atoms with van der Waals surface area (Å²) in [7, 11) is -1.28. The molecule has 0 aliphatic carbocycles. The molecular formula is C13H22N4O3S. The van der Waals surface area contributed by atoms with Crippen LogP contribution in [0.3, 0.4) is 0 Å². The van der Waals surface area contributed by atoms with Crippen molar-refractivity contribution in [2.75, 3.05) is 19.3 Å². The molecular weight excluding hydrogens is 292 g/mol. The summed E-state index contributed by atoms with van der Waals surface area (Å²) >= 11 is 0. The molecule has 0 saturated carbocycles. The first-order valence-corrected chi connectivity index (χ1v) is 8.84. The lowest BCUT2D eigenvalue weighted by molar-refractivity contribution is -0.126. The number of nitrogens with zero attached hydrogens (tertiary/aromatic N) is 3. The number of hydrogen-bond donors (Lipinski definition) is 1. The number of carbonyl (C=O) groups excluding carboxylic acids is 1.